The molecule has 0 N–H and O–H groups in total. The normalized spacial score (nSPS) is 11.9. The smallest absolute Gasteiger partial charge is 0.316 e. The molecule has 0 radical (unpaired) electrons. The summed E-state index contributed by atoms with van der Waals surface area (Å²) in [6.45, 7) is 0. The number of halogens is 1. The third-order valence-electron chi connectivity index (χ3n) is 2.71. The predicted molar refractivity (Wildman–Crippen MR) is 73.7 cm³/mol. The number of esters is 1. The number of benzene rings is 1. The minimum absolute atomic E-state index is 0.0508. The molecule has 0 aliphatic carbocycles. The molecule has 1 atom stereocenters. The fourth-order valence-electron chi connectivity index (χ4n) is 1.74. The first kappa shape index (κ1) is 14.9. The van der Waals surface area contributed by atoms with Crippen molar-refractivity contribution in [2.45, 2.75) is 19.3 Å². The van der Waals surface area contributed by atoms with Crippen LogP contribution in [-0.4, -0.2) is 24.2 Å². The van der Waals surface area contributed by atoms with Gasteiger partial charge in [-0.25, -0.2) is 0 Å². The van der Waals surface area contributed by atoms with E-state index in [4.69, 9.17) is 4.74 Å². The Morgan fingerprint density at radius 3 is 2.50 bits per heavy atom. The van der Waals surface area contributed by atoms with Gasteiger partial charge in [0, 0.05) is 11.8 Å². The van der Waals surface area contributed by atoms with Crippen LogP contribution in [0.25, 0.3) is 0 Å². The van der Waals surface area contributed by atoms with Gasteiger partial charge in [-0.05, 0) is 18.4 Å². The molecule has 0 spiro atoms. The van der Waals surface area contributed by atoms with E-state index in [1.807, 2.05) is 30.3 Å². The zero-order valence-corrected chi connectivity index (χ0v) is 12.0. The molecule has 1 rings (SSSR count). The van der Waals surface area contributed by atoms with Crippen LogP contribution in [0.4, 0.5) is 0 Å². The summed E-state index contributed by atoms with van der Waals surface area (Å²) in [7, 11) is 1.32. The molecule has 0 bridgehead atoms. The molecule has 0 aliphatic rings. The van der Waals surface area contributed by atoms with Gasteiger partial charge >= 0.3 is 5.97 Å². The van der Waals surface area contributed by atoms with Gasteiger partial charge in [-0.15, -0.1) is 0 Å². The van der Waals surface area contributed by atoms with E-state index in [0.29, 0.717) is 12.8 Å². The lowest BCUT2D eigenvalue weighted by Crippen LogP contribution is -2.27. The highest BCUT2D eigenvalue weighted by Gasteiger charge is 2.26. The van der Waals surface area contributed by atoms with Crippen LogP contribution in [0, 0.1) is 5.92 Å². The van der Waals surface area contributed by atoms with Crippen LogP contribution < -0.4 is 0 Å². The summed E-state index contributed by atoms with van der Waals surface area (Å²) in [5.74, 6) is -1.18. The molecule has 1 aromatic carbocycles. The number of ether oxygens (including phenoxy) is 1. The minimum atomic E-state index is -0.684. The Morgan fingerprint density at radius 2 is 1.94 bits per heavy atom. The van der Waals surface area contributed by atoms with E-state index in [9.17, 15) is 9.59 Å². The van der Waals surface area contributed by atoms with E-state index in [0.717, 1.165) is 17.3 Å². The number of hydrogen-bond donors (Lipinski definition) is 0. The van der Waals surface area contributed by atoms with Crippen molar-refractivity contribution in [2.75, 3.05) is 12.4 Å². The number of Topliss-reactive ketones (excluding diaryl/α,β-unsaturated/α-hetero) is 1. The predicted octanol–water partition coefficient (Wildman–Crippen LogP) is 2.76. The van der Waals surface area contributed by atoms with Crippen LogP contribution in [0.3, 0.4) is 0 Å². The molecule has 0 aromatic heterocycles. The summed E-state index contributed by atoms with van der Waals surface area (Å²) < 4.78 is 4.71. The third kappa shape index (κ3) is 4.61. The summed E-state index contributed by atoms with van der Waals surface area (Å²) in [6.07, 6.45) is 1.55. The molecule has 3 nitrogen and oxygen atoms in total. The Morgan fingerprint density at radius 1 is 1.28 bits per heavy atom. The van der Waals surface area contributed by atoms with Crippen LogP contribution in [-0.2, 0) is 20.7 Å². The largest absolute Gasteiger partial charge is 0.468 e. The quantitative estimate of drug-likeness (QED) is 0.442. The highest BCUT2D eigenvalue weighted by atomic mass is 79.9. The highest BCUT2D eigenvalue weighted by molar-refractivity contribution is 9.09. The second-order valence-corrected chi connectivity index (χ2v) is 4.82. The van der Waals surface area contributed by atoms with Crippen molar-refractivity contribution in [3.05, 3.63) is 35.9 Å². The average Bonchev–Trinajstić information content (AvgIpc) is 2.42. The van der Waals surface area contributed by atoms with Crippen molar-refractivity contribution in [1.82, 2.24) is 0 Å². The molecule has 4 heteroatoms. The van der Waals surface area contributed by atoms with E-state index in [1.165, 1.54) is 7.11 Å². The zero-order valence-electron chi connectivity index (χ0n) is 10.4. The average molecular weight is 313 g/mol. The van der Waals surface area contributed by atoms with E-state index in [2.05, 4.69) is 15.9 Å². The second kappa shape index (κ2) is 8.03. The third-order valence-corrected chi connectivity index (χ3v) is 3.27. The molecule has 0 fully saturated rings. The van der Waals surface area contributed by atoms with Crippen LogP contribution in [0.2, 0.25) is 0 Å². The SMILES string of the molecule is COC(=O)C(Cc1ccccc1)C(=O)CCCBr. The summed E-state index contributed by atoms with van der Waals surface area (Å²) >= 11 is 3.28. The maximum atomic E-state index is 12.0. The first-order valence-corrected chi connectivity index (χ1v) is 7.01. The number of rotatable bonds is 7. The first-order valence-electron chi connectivity index (χ1n) is 5.89. The number of methoxy groups -OCH3 is 1. The van der Waals surface area contributed by atoms with Crippen molar-refractivity contribution >= 4 is 27.7 Å². The summed E-state index contributed by atoms with van der Waals surface area (Å²) in [6, 6.07) is 9.52. The number of hydrogen-bond acceptors (Lipinski definition) is 3. The Bertz CT molecular complexity index is 389. The summed E-state index contributed by atoms with van der Waals surface area (Å²) in [4.78, 5) is 23.7. The molecule has 0 amide bonds. The van der Waals surface area contributed by atoms with Crippen LogP contribution in [0.15, 0.2) is 30.3 Å². The Labute approximate surface area is 116 Å². The standard InChI is InChI=1S/C14H17BrO3/c1-18-14(17)12(13(16)8-5-9-15)10-11-6-3-2-4-7-11/h2-4,6-7,12H,5,8-10H2,1H3. The van der Waals surface area contributed by atoms with E-state index in [1.54, 1.807) is 0 Å². The maximum Gasteiger partial charge on any atom is 0.316 e. The minimum Gasteiger partial charge on any atom is -0.468 e. The molecule has 98 valence electrons. The molecule has 0 saturated heterocycles. The molecule has 1 unspecified atom stereocenters. The second-order valence-electron chi connectivity index (χ2n) is 4.02. The van der Waals surface area contributed by atoms with Gasteiger partial charge < -0.3 is 4.74 Å². The van der Waals surface area contributed by atoms with E-state index < -0.39 is 11.9 Å². The molecular formula is C14H17BrO3. The van der Waals surface area contributed by atoms with Gasteiger partial charge in [-0.1, -0.05) is 46.3 Å². The fraction of sp³-hybridized carbons (Fsp3) is 0.429. The van der Waals surface area contributed by atoms with E-state index >= 15 is 0 Å². The van der Waals surface area contributed by atoms with Gasteiger partial charge in [0.05, 0.1) is 7.11 Å². The number of carbonyl (C=O) groups is 2. The van der Waals surface area contributed by atoms with Crippen molar-refractivity contribution < 1.29 is 14.3 Å². The molecule has 18 heavy (non-hydrogen) atoms. The number of alkyl halides is 1. The monoisotopic (exact) mass is 312 g/mol. The first-order chi connectivity index (χ1) is 8.69. The van der Waals surface area contributed by atoms with Gasteiger partial charge in [0.2, 0.25) is 0 Å². The topological polar surface area (TPSA) is 43.4 Å². The van der Waals surface area contributed by atoms with Gasteiger partial charge in [-0.2, -0.15) is 0 Å². The lowest BCUT2D eigenvalue weighted by molar-refractivity contribution is -0.149. The molecule has 1 aromatic rings. The van der Waals surface area contributed by atoms with Crippen molar-refractivity contribution in [1.29, 1.82) is 0 Å². The van der Waals surface area contributed by atoms with Gasteiger partial charge in [0.25, 0.3) is 0 Å². The summed E-state index contributed by atoms with van der Waals surface area (Å²) in [5.41, 5.74) is 0.972. The Balaban J connectivity index is 2.73. The van der Waals surface area contributed by atoms with Crippen LogP contribution >= 0.6 is 15.9 Å². The Kier molecular flexibility index (Phi) is 6.65. The molecule has 0 aliphatic heterocycles. The van der Waals surface area contributed by atoms with Crippen molar-refractivity contribution in [3.8, 4) is 0 Å². The lowest BCUT2D eigenvalue weighted by atomic mass is 9.93. The van der Waals surface area contributed by atoms with Gasteiger partial charge in [0.1, 0.15) is 11.7 Å². The maximum absolute atomic E-state index is 12.0. The van der Waals surface area contributed by atoms with E-state index in [-0.39, 0.29) is 5.78 Å². The molecule has 0 saturated carbocycles. The highest BCUT2D eigenvalue weighted by Crippen LogP contribution is 2.14. The molecular weight excluding hydrogens is 296 g/mol. The van der Waals surface area contributed by atoms with Crippen LogP contribution in [0.1, 0.15) is 18.4 Å². The molecule has 0 heterocycles. The van der Waals surface area contributed by atoms with Gasteiger partial charge in [0.15, 0.2) is 0 Å². The number of ketones is 1. The number of carbonyl (C=O) groups excluding carboxylic acids is 2. The van der Waals surface area contributed by atoms with Crippen molar-refractivity contribution in [2.24, 2.45) is 5.92 Å². The Hall–Kier alpha value is -1.16. The van der Waals surface area contributed by atoms with Crippen LogP contribution in [0.5, 0.6) is 0 Å². The lowest BCUT2D eigenvalue weighted by Gasteiger charge is -2.13. The zero-order chi connectivity index (χ0) is 13.4. The fourth-order valence-corrected chi connectivity index (χ4v) is 2.02. The van der Waals surface area contributed by atoms with Gasteiger partial charge in [-0.3, -0.25) is 9.59 Å². The summed E-state index contributed by atoms with van der Waals surface area (Å²) in [5, 5.41) is 0.762. The van der Waals surface area contributed by atoms with Crippen molar-refractivity contribution in [3.63, 3.8) is 0 Å².